The maximum absolute atomic E-state index is 12.9. The summed E-state index contributed by atoms with van der Waals surface area (Å²) in [6, 6.07) is 6.67. The number of sulfone groups is 1. The summed E-state index contributed by atoms with van der Waals surface area (Å²) in [7, 11) is -1.49. The number of nitrogens with zero attached hydrogens (tertiary/aromatic N) is 1. The second kappa shape index (κ2) is 7.14. The zero-order chi connectivity index (χ0) is 19.8. The van der Waals surface area contributed by atoms with Gasteiger partial charge < -0.3 is 15.0 Å². The fourth-order valence-electron chi connectivity index (χ4n) is 3.39. The van der Waals surface area contributed by atoms with Crippen LogP contribution in [0.3, 0.4) is 0 Å². The minimum absolute atomic E-state index is 0.0236. The number of hydrogen-bond donors (Lipinski definition) is 1. The van der Waals surface area contributed by atoms with E-state index >= 15 is 0 Å². The molecule has 1 atom stereocenters. The molecule has 148 valence electrons. The number of carbonyl (C=O) groups is 2. The van der Waals surface area contributed by atoms with Crippen molar-refractivity contribution in [2.75, 3.05) is 23.9 Å². The fraction of sp³-hybridized carbons (Fsp3) is 0.579. The van der Waals surface area contributed by atoms with E-state index in [-0.39, 0.29) is 35.5 Å². The van der Waals surface area contributed by atoms with Crippen LogP contribution in [0.4, 0.5) is 5.69 Å². The van der Waals surface area contributed by atoms with Gasteiger partial charge >= 0.3 is 0 Å². The molecule has 1 saturated carbocycles. The number of hydrogen-bond acceptors (Lipinski definition) is 5. The van der Waals surface area contributed by atoms with Crippen LogP contribution in [0.2, 0.25) is 0 Å². The normalized spacial score (nSPS) is 22.3. The molecule has 1 aliphatic heterocycles. The summed E-state index contributed by atoms with van der Waals surface area (Å²) in [6.45, 7) is 3.87. The van der Waals surface area contributed by atoms with E-state index in [1.807, 2.05) is 13.8 Å². The third-order valence-electron chi connectivity index (χ3n) is 5.15. The van der Waals surface area contributed by atoms with E-state index in [1.54, 1.807) is 31.3 Å². The lowest BCUT2D eigenvalue weighted by Gasteiger charge is -2.27. The van der Waals surface area contributed by atoms with Crippen molar-refractivity contribution < 1.29 is 22.7 Å². The Labute approximate surface area is 160 Å². The van der Waals surface area contributed by atoms with Crippen LogP contribution in [0, 0.1) is 5.41 Å². The number of rotatable bonds is 6. The molecule has 1 saturated heterocycles. The standard InChI is InChI=1S/C19H26N2O5S/c1-13(2)26-16-6-4-14(5-7-16)20-17(22)19(9-10-19)18(23)21(3)15-8-11-27(24,25)12-15/h4-7,13,15H,8-12H2,1-3H3,(H,20,22). The maximum atomic E-state index is 12.9. The van der Waals surface area contributed by atoms with E-state index in [4.69, 9.17) is 4.74 Å². The lowest BCUT2D eigenvalue weighted by Crippen LogP contribution is -2.46. The zero-order valence-electron chi connectivity index (χ0n) is 15.9. The highest BCUT2D eigenvalue weighted by molar-refractivity contribution is 7.91. The average Bonchev–Trinajstić information content (AvgIpc) is 3.33. The van der Waals surface area contributed by atoms with E-state index in [2.05, 4.69) is 5.32 Å². The second-order valence-corrected chi connectivity index (χ2v) is 9.93. The van der Waals surface area contributed by atoms with Crippen molar-refractivity contribution in [2.24, 2.45) is 5.41 Å². The largest absolute Gasteiger partial charge is 0.491 e. The summed E-state index contributed by atoms with van der Waals surface area (Å²) in [5.41, 5.74) is -0.477. The van der Waals surface area contributed by atoms with Gasteiger partial charge in [-0.3, -0.25) is 9.59 Å². The van der Waals surface area contributed by atoms with Crippen LogP contribution in [0.25, 0.3) is 0 Å². The van der Waals surface area contributed by atoms with Crippen LogP contribution >= 0.6 is 0 Å². The Bertz CT molecular complexity index is 828. The summed E-state index contributed by atoms with van der Waals surface area (Å²) in [6.07, 6.45) is 1.46. The van der Waals surface area contributed by atoms with Gasteiger partial charge in [0.25, 0.3) is 0 Å². The van der Waals surface area contributed by atoms with Gasteiger partial charge in [0, 0.05) is 18.8 Å². The van der Waals surface area contributed by atoms with Crippen molar-refractivity contribution in [1.82, 2.24) is 4.90 Å². The predicted molar refractivity (Wildman–Crippen MR) is 102 cm³/mol. The van der Waals surface area contributed by atoms with Gasteiger partial charge in [-0.05, 0) is 57.4 Å². The monoisotopic (exact) mass is 394 g/mol. The molecule has 1 aromatic carbocycles. The number of ether oxygens (including phenoxy) is 1. The van der Waals surface area contributed by atoms with Crippen molar-refractivity contribution in [3.05, 3.63) is 24.3 Å². The summed E-state index contributed by atoms with van der Waals surface area (Å²) >= 11 is 0. The molecule has 2 aliphatic rings. The van der Waals surface area contributed by atoms with E-state index < -0.39 is 15.3 Å². The highest BCUT2D eigenvalue weighted by Crippen LogP contribution is 2.48. The topological polar surface area (TPSA) is 92.8 Å². The third-order valence-corrected chi connectivity index (χ3v) is 6.90. The Morgan fingerprint density at radius 2 is 1.85 bits per heavy atom. The Morgan fingerprint density at radius 1 is 1.22 bits per heavy atom. The minimum atomic E-state index is -3.09. The van der Waals surface area contributed by atoms with Crippen LogP contribution in [0.5, 0.6) is 5.75 Å². The lowest BCUT2D eigenvalue weighted by atomic mass is 10.0. The third kappa shape index (κ3) is 4.26. The quantitative estimate of drug-likeness (QED) is 0.743. The zero-order valence-corrected chi connectivity index (χ0v) is 16.7. The molecular formula is C19H26N2O5S. The van der Waals surface area contributed by atoms with Crippen molar-refractivity contribution in [3.8, 4) is 5.75 Å². The molecule has 2 fully saturated rings. The fourth-order valence-corrected chi connectivity index (χ4v) is 5.16. The molecule has 0 radical (unpaired) electrons. The molecule has 1 N–H and O–H groups in total. The molecule has 3 rings (SSSR count). The highest BCUT2D eigenvalue weighted by atomic mass is 32.2. The first-order chi connectivity index (χ1) is 12.6. The minimum Gasteiger partial charge on any atom is -0.491 e. The number of amides is 2. The molecule has 27 heavy (non-hydrogen) atoms. The summed E-state index contributed by atoms with van der Waals surface area (Å²) in [5.74, 6) is 0.158. The van der Waals surface area contributed by atoms with Crippen LogP contribution in [-0.4, -0.2) is 55.8 Å². The SMILES string of the molecule is CC(C)Oc1ccc(NC(=O)C2(C(=O)N(C)C3CCS(=O)(=O)C3)CC2)cc1. The Morgan fingerprint density at radius 3 is 2.33 bits per heavy atom. The Kier molecular flexibility index (Phi) is 5.20. The summed E-state index contributed by atoms with van der Waals surface area (Å²) < 4.78 is 28.9. The van der Waals surface area contributed by atoms with Crippen LogP contribution in [0.15, 0.2) is 24.3 Å². The molecule has 7 nitrogen and oxygen atoms in total. The Hall–Kier alpha value is -2.09. The van der Waals surface area contributed by atoms with Crippen molar-refractivity contribution in [3.63, 3.8) is 0 Å². The average molecular weight is 394 g/mol. The van der Waals surface area contributed by atoms with E-state index in [1.165, 1.54) is 4.90 Å². The first-order valence-corrected chi connectivity index (χ1v) is 11.0. The van der Waals surface area contributed by atoms with Gasteiger partial charge in [0.2, 0.25) is 11.8 Å². The molecule has 0 aromatic heterocycles. The van der Waals surface area contributed by atoms with Crippen LogP contribution < -0.4 is 10.1 Å². The maximum Gasteiger partial charge on any atom is 0.240 e. The molecule has 1 aliphatic carbocycles. The number of nitrogens with one attached hydrogen (secondary N) is 1. The summed E-state index contributed by atoms with van der Waals surface area (Å²) in [4.78, 5) is 27.1. The number of benzene rings is 1. The van der Waals surface area contributed by atoms with Crippen LogP contribution in [-0.2, 0) is 19.4 Å². The molecule has 1 heterocycles. The molecule has 8 heteroatoms. The second-order valence-electron chi connectivity index (χ2n) is 7.70. The van der Waals surface area contributed by atoms with Crippen molar-refractivity contribution in [1.29, 1.82) is 0 Å². The number of carbonyl (C=O) groups excluding carboxylic acids is 2. The van der Waals surface area contributed by atoms with Gasteiger partial charge in [-0.2, -0.15) is 0 Å². The molecule has 1 unspecified atom stereocenters. The number of anilines is 1. The molecule has 2 amide bonds. The van der Waals surface area contributed by atoms with E-state index in [0.29, 0.717) is 30.7 Å². The smallest absolute Gasteiger partial charge is 0.240 e. The first kappa shape index (κ1) is 19.7. The van der Waals surface area contributed by atoms with Gasteiger partial charge in [-0.1, -0.05) is 0 Å². The lowest BCUT2D eigenvalue weighted by molar-refractivity contribution is -0.142. The van der Waals surface area contributed by atoms with E-state index in [9.17, 15) is 18.0 Å². The molecule has 1 aromatic rings. The predicted octanol–water partition coefficient (Wildman–Crippen LogP) is 1.84. The molecule has 0 spiro atoms. The summed E-state index contributed by atoms with van der Waals surface area (Å²) in [5, 5.41) is 2.81. The van der Waals surface area contributed by atoms with Crippen LogP contribution in [0.1, 0.15) is 33.1 Å². The van der Waals surface area contributed by atoms with Crippen molar-refractivity contribution in [2.45, 2.75) is 45.3 Å². The first-order valence-electron chi connectivity index (χ1n) is 9.19. The van der Waals surface area contributed by atoms with Gasteiger partial charge in [-0.15, -0.1) is 0 Å². The highest BCUT2D eigenvalue weighted by Gasteiger charge is 2.58. The van der Waals surface area contributed by atoms with Gasteiger partial charge in [0.05, 0.1) is 17.6 Å². The Balaban J connectivity index is 1.64. The van der Waals surface area contributed by atoms with E-state index in [0.717, 1.165) is 0 Å². The van der Waals surface area contributed by atoms with Gasteiger partial charge in [0.1, 0.15) is 11.2 Å². The van der Waals surface area contributed by atoms with Crippen molar-refractivity contribution >= 4 is 27.3 Å². The van der Waals surface area contributed by atoms with Gasteiger partial charge in [0.15, 0.2) is 9.84 Å². The molecular weight excluding hydrogens is 368 g/mol. The van der Waals surface area contributed by atoms with Gasteiger partial charge in [-0.25, -0.2) is 8.42 Å². The molecule has 0 bridgehead atoms.